The van der Waals surface area contributed by atoms with Crippen LogP contribution in [0.2, 0.25) is 0 Å². The average molecular weight is 345 g/mol. The molecule has 0 saturated carbocycles. The lowest BCUT2D eigenvalue weighted by molar-refractivity contribution is -0.137. The van der Waals surface area contributed by atoms with Gasteiger partial charge >= 0.3 is 5.97 Å². The Balaban J connectivity index is 3.31. The second-order valence-electron chi connectivity index (χ2n) is 4.20. The molecule has 0 radical (unpaired) electrons. The minimum atomic E-state index is -0.916. The number of hydrogen-bond acceptors (Lipinski definition) is 5. The van der Waals surface area contributed by atoms with Gasteiger partial charge in [0, 0.05) is 4.47 Å². The molecule has 0 bridgehead atoms. The maximum absolute atomic E-state index is 12.1. The predicted molar refractivity (Wildman–Crippen MR) is 77.4 cm³/mol. The van der Waals surface area contributed by atoms with Gasteiger partial charge in [-0.1, -0.05) is 15.9 Å². The fourth-order valence-electron chi connectivity index (χ4n) is 1.55. The molecular weight excluding hydrogens is 328 g/mol. The third kappa shape index (κ3) is 3.96. The van der Waals surface area contributed by atoms with E-state index in [9.17, 15) is 9.59 Å². The van der Waals surface area contributed by atoms with E-state index in [1.54, 1.807) is 13.0 Å². The maximum atomic E-state index is 12.1. The first kappa shape index (κ1) is 16.5. The summed E-state index contributed by atoms with van der Waals surface area (Å²) in [5.74, 6) is -1.06. The third-order valence-corrected chi connectivity index (χ3v) is 2.76. The Morgan fingerprint density at radius 1 is 1.30 bits per heavy atom. The van der Waals surface area contributed by atoms with Gasteiger partial charge in [-0.2, -0.15) is 0 Å². The number of carbonyl (C=O) groups is 2. The molecule has 1 aromatic carbocycles. The van der Waals surface area contributed by atoms with E-state index < -0.39 is 11.8 Å². The van der Waals surface area contributed by atoms with Crippen molar-refractivity contribution in [3.8, 4) is 11.5 Å². The molecule has 6 heteroatoms. The van der Waals surface area contributed by atoms with Gasteiger partial charge in [0.05, 0.1) is 25.4 Å². The van der Waals surface area contributed by atoms with Crippen LogP contribution in [0.3, 0.4) is 0 Å². The zero-order valence-electron chi connectivity index (χ0n) is 11.9. The third-order valence-electron chi connectivity index (χ3n) is 2.30. The highest BCUT2D eigenvalue weighted by Gasteiger charge is 2.25. The molecule has 0 unspecified atom stereocenters. The lowest BCUT2D eigenvalue weighted by atomic mass is 10.1. The lowest BCUT2D eigenvalue weighted by Gasteiger charge is -2.17. The zero-order valence-corrected chi connectivity index (χ0v) is 13.4. The molecule has 0 N–H and O–H groups in total. The fraction of sp³-hybridized carbons (Fsp3) is 0.429. The predicted octanol–water partition coefficient (Wildman–Crippen LogP) is 2.99. The number of carbonyl (C=O) groups excluding carboxylic acids is 2. The summed E-state index contributed by atoms with van der Waals surface area (Å²) in [6, 6.07) is 3.18. The Morgan fingerprint density at radius 3 is 2.45 bits per heavy atom. The van der Waals surface area contributed by atoms with Crippen molar-refractivity contribution in [3.05, 3.63) is 22.2 Å². The number of halogens is 1. The van der Waals surface area contributed by atoms with Crippen molar-refractivity contribution in [2.75, 3.05) is 13.7 Å². The first-order valence-electron chi connectivity index (χ1n) is 6.16. The van der Waals surface area contributed by atoms with Crippen molar-refractivity contribution in [1.82, 2.24) is 0 Å². The van der Waals surface area contributed by atoms with Gasteiger partial charge in [-0.3, -0.25) is 4.79 Å². The minimum Gasteiger partial charge on any atom is -0.493 e. The molecule has 0 aromatic heterocycles. The molecule has 1 aromatic rings. The van der Waals surface area contributed by atoms with Crippen molar-refractivity contribution in [2.24, 2.45) is 0 Å². The van der Waals surface area contributed by atoms with Crippen molar-refractivity contribution < 1.29 is 23.8 Å². The number of hydrogen-bond donors (Lipinski definition) is 0. The summed E-state index contributed by atoms with van der Waals surface area (Å²) in [6.07, 6.45) is -0.168. The summed E-state index contributed by atoms with van der Waals surface area (Å²) in [4.78, 5) is 23.7. The summed E-state index contributed by atoms with van der Waals surface area (Å²) < 4.78 is 16.1. The molecule has 0 aliphatic carbocycles. The molecule has 20 heavy (non-hydrogen) atoms. The highest BCUT2D eigenvalue weighted by atomic mass is 79.9. The standard InChI is InChI=1S/C14H17BrO5/c1-5-19-14(17)12(16)10-6-9(15)7-11(18-4)13(10)20-8(2)3/h6-8H,5H2,1-4H3. The van der Waals surface area contributed by atoms with Crippen LogP contribution in [0.1, 0.15) is 31.1 Å². The number of Topliss-reactive ketones (excluding diaryl/α,β-unsaturated/α-hetero) is 1. The second kappa shape index (κ2) is 7.28. The summed E-state index contributed by atoms with van der Waals surface area (Å²) in [6.45, 7) is 5.41. The van der Waals surface area contributed by atoms with Crippen LogP contribution in [0.25, 0.3) is 0 Å². The van der Waals surface area contributed by atoms with E-state index in [1.165, 1.54) is 13.2 Å². The lowest BCUT2D eigenvalue weighted by Crippen LogP contribution is -2.20. The van der Waals surface area contributed by atoms with E-state index in [0.29, 0.717) is 10.2 Å². The van der Waals surface area contributed by atoms with E-state index in [0.717, 1.165) is 0 Å². The SMILES string of the molecule is CCOC(=O)C(=O)c1cc(Br)cc(OC)c1OC(C)C. The van der Waals surface area contributed by atoms with Crippen molar-refractivity contribution in [2.45, 2.75) is 26.9 Å². The van der Waals surface area contributed by atoms with Gasteiger partial charge < -0.3 is 14.2 Å². The zero-order chi connectivity index (χ0) is 15.3. The van der Waals surface area contributed by atoms with E-state index in [4.69, 9.17) is 14.2 Å². The van der Waals surface area contributed by atoms with Crippen LogP contribution in [0.4, 0.5) is 0 Å². The van der Waals surface area contributed by atoms with Gasteiger partial charge in [0.15, 0.2) is 11.5 Å². The van der Waals surface area contributed by atoms with Crippen LogP contribution < -0.4 is 9.47 Å². The van der Waals surface area contributed by atoms with E-state index in [-0.39, 0.29) is 24.0 Å². The Bertz CT molecular complexity index is 511. The smallest absolute Gasteiger partial charge is 0.379 e. The molecule has 1 rings (SSSR count). The number of ether oxygens (including phenoxy) is 3. The van der Waals surface area contributed by atoms with Gasteiger partial charge in [-0.25, -0.2) is 4.79 Å². The molecular formula is C14H17BrO5. The van der Waals surface area contributed by atoms with E-state index in [1.807, 2.05) is 13.8 Å². The number of esters is 1. The Morgan fingerprint density at radius 2 is 1.95 bits per heavy atom. The maximum Gasteiger partial charge on any atom is 0.379 e. The number of methoxy groups -OCH3 is 1. The quantitative estimate of drug-likeness (QED) is 0.451. The summed E-state index contributed by atoms with van der Waals surface area (Å²) in [5, 5.41) is 0. The summed E-state index contributed by atoms with van der Waals surface area (Å²) in [5.41, 5.74) is 0.114. The highest BCUT2D eigenvalue weighted by Crippen LogP contribution is 2.36. The van der Waals surface area contributed by atoms with Crippen molar-refractivity contribution in [1.29, 1.82) is 0 Å². The van der Waals surface area contributed by atoms with Crippen LogP contribution in [-0.4, -0.2) is 31.6 Å². The Kier molecular flexibility index (Phi) is 6.01. The monoisotopic (exact) mass is 344 g/mol. The molecule has 0 fully saturated rings. The van der Waals surface area contributed by atoms with E-state index in [2.05, 4.69) is 15.9 Å². The molecule has 0 atom stereocenters. The van der Waals surface area contributed by atoms with Crippen molar-refractivity contribution >= 4 is 27.7 Å². The number of rotatable bonds is 6. The fourth-order valence-corrected chi connectivity index (χ4v) is 1.99. The molecule has 0 aliphatic rings. The van der Waals surface area contributed by atoms with E-state index >= 15 is 0 Å². The van der Waals surface area contributed by atoms with Crippen LogP contribution in [0.5, 0.6) is 11.5 Å². The Hall–Kier alpha value is -1.56. The number of benzene rings is 1. The van der Waals surface area contributed by atoms with Crippen LogP contribution in [0, 0.1) is 0 Å². The van der Waals surface area contributed by atoms with Gasteiger partial charge in [0.2, 0.25) is 0 Å². The van der Waals surface area contributed by atoms with Crippen LogP contribution >= 0.6 is 15.9 Å². The molecule has 0 saturated heterocycles. The molecule has 0 amide bonds. The van der Waals surface area contributed by atoms with Gasteiger partial charge in [-0.05, 0) is 32.9 Å². The molecule has 0 spiro atoms. The van der Waals surface area contributed by atoms with Crippen LogP contribution in [-0.2, 0) is 9.53 Å². The average Bonchev–Trinajstić information content (AvgIpc) is 2.39. The second-order valence-corrected chi connectivity index (χ2v) is 5.12. The minimum absolute atomic E-state index is 0.114. The van der Waals surface area contributed by atoms with Gasteiger partial charge in [0.1, 0.15) is 0 Å². The first-order valence-corrected chi connectivity index (χ1v) is 6.95. The molecule has 0 heterocycles. The van der Waals surface area contributed by atoms with Gasteiger partial charge in [-0.15, -0.1) is 0 Å². The topological polar surface area (TPSA) is 61.8 Å². The van der Waals surface area contributed by atoms with Gasteiger partial charge in [0.25, 0.3) is 5.78 Å². The summed E-state index contributed by atoms with van der Waals surface area (Å²) >= 11 is 3.27. The first-order chi connectivity index (χ1) is 9.40. The highest BCUT2D eigenvalue weighted by molar-refractivity contribution is 9.10. The largest absolute Gasteiger partial charge is 0.493 e. The molecule has 0 aliphatic heterocycles. The van der Waals surface area contributed by atoms with Crippen molar-refractivity contribution in [3.63, 3.8) is 0 Å². The normalized spacial score (nSPS) is 10.3. The van der Waals surface area contributed by atoms with Crippen LogP contribution in [0.15, 0.2) is 16.6 Å². The molecule has 110 valence electrons. The Labute approximate surface area is 126 Å². The summed E-state index contributed by atoms with van der Waals surface area (Å²) in [7, 11) is 1.47. The number of ketones is 1. The molecule has 5 nitrogen and oxygen atoms in total.